The van der Waals surface area contributed by atoms with Gasteiger partial charge in [-0.2, -0.15) is 0 Å². The summed E-state index contributed by atoms with van der Waals surface area (Å²) in [5, 5.41) is 2.97. The van der Waals surface area contributed by atoms with E-state index in [9.17, 15) is 4.79 Å². The summed E-state index contributed by atoms with van der Waals surface area (Å²) in [6.45, 7) is 0.682. The standard InChI is InChI=1S/C14H19ClN2O2/c1-19-13-9-16-6-5-12(13)14(18)17-8-11-4-2-3-10(11)7-15/h5-6,9-11H,2-4,7-8H2,1H3,(H,17,18). The molecule has 1 fully saturated rings. The van der Waals surface area contributed by atoms with Crippen LogP contribution in [0.25, 0.3) is 0 Å². The summed E-state index contributed by atoms with van der Waals surface area (Å²) in [6, 6.07) is 1.67. The van der Waals surface area contributed by atoms with Gasteiger partial charge in [0.05, 0.1) is 18.9 Å². The van der Waals surface area contributed by atoms with Crippen LogP contribution in [-0.2, 0) is 0 Å². The number of pyridine rings is 1. The lowest BCUT2D eigenvalue weighted by molar-refractivity contribution is 0.0941. The molecule has 1 aliphatic rings. The molecule has 0 bridgehead atoms. The minimum absolute atomic E-state index is 0.112. The lowest BCUT2D eigenvalue weighted by atomic mass is 9.98. The number of nitrogens with zero attached hydrogens (tertiary/aromatic N) is 1. The quantitative estimate of drug-likeness (QED) is 0.844. The maximum absolute atomic E-state index is 12.1. The topological polar surface area (TPSA) is 51.2 Å². The van der Waals surface area contributed by atoms with Crippen molar-refractivity contribution in [1.29, 1.82) is 0 Å². The van der Waals surface area contributed by atoms with Gasteiger partial charge in [0, 0.05) is 18.6 Å². The van der Waals surface area contributed by atoms with Crippen LogP contribution in [0.1, 0.15) is 29.6 Å². The van der Waals surface area contributed by atoms with Gasteiger partial charge >= 0.3 is 0 Å². The van der Waals surface area contributed by atoms with E-state index in [2.05, 4.69) is 10.3 Å². The van der Waals surface area contributed by atoms with Crippen molar-refractivity contribution in [2.45, 2.75) is 19.3 Å². The first-order valence-electron chi connectivity index (χ1n) is 6.58. The van der Waals surface area contributed by atoms with Gasteiger partial charge in [0.1, 0.15) is 5.75 Å². The van der Waals surface area contributed by atoms with Crippen LogP contribution in [0.2, 0.25) is 0 Å². The molecule has 1 aliphatic carbocycles. The van der Waals surface area contributed by atoms with Crippen LogP contribution in [0.3, 0.4) is 0 Å². The van der Waals surface area contributed by atoms with E-state index in [0.29, 0.717) is 35.6 Å². The number of halogens is 1. The van der Waals surface area contributed by atoms with E-state index >= 15 is 0 Å². The molecule has 5 heteroatoms. The normalized spacial score (nSPS) is 22.2. The zero-order valence-corrected chi connectivity index (χ0v) is 11.8. The first-order chi connectivity index (χ1) is 9.26. The van der Waals surface area contributed by atoms with Crippen molar-refractivity contribution >= 4 is 17.5 Å². The van der Waals surface area contributed by atoms with Gasteiger partial charge in [0.2, 0.25) is 0 Å². The molecule has 2 unspecified atom stereocenters. The average Bonchev–Trinajstić information content (AvgIpc) is 2.92. The second-order valence-electron chi connectivity index (χ2n) is 4.89. The summed E-state index contributed by atoms with van der Waals surface area (Å²) in [7, 11) is 1.54. The fourth-order valence-corrected chi connectivity index (χ4v) is 3.04. The molecule has 0 aromatic carbocycles. The zero-order valence-electron chi connectivity index (χ0n) is 11.1. The minimum atomic E-state index is -0.112. The van der Waals surface area contributed by atoms with E-state index in [1.165, 1.54) is 20.0 Å². The highest BCUT2D eigenvalue weighted by Gasteiger charge is 2.27. The fourth-order valence-electron chi connectivity index (χ4n) is 2.63. The Bertz CT molecular complexity index is 439. The van der Waals surface area contributed by atoms with Crippen molar-refractivity contribution in [3.8, 4) is 5.75 Å². The summed E-state index contributed by atoms with van der Waals surface area (Å²) in [4.78, 5) is 16.1. The van der Waals surface area contributed by atoms with Crippen molar-refractivity contribution in [2.24, 2.45) is 11.8 Å². The summed E-state index contributed by atoms with van der Waals surface area (Å²) >= 11 is 5.94. The monoisotopic (exact) mass is 282 g/mol. The second-order valence-corrected chi connectivity index (χ2v) is 5.20. The van der Waals surface area contributed by atoms with Gasteiger partial charge in [-0.05, 0) is 30.7 Å². The molecule has 1 N–H and O–H groups in total. The van der Waals surface area contributed by atoms with E-state index in [-0.39, 0.29) is 5.91 Å². The van der Waals surface area contributed by atoms with E-state index < -0.39 is 0 Å². The SMILES string of the molecule is COc1cnccc1C(=O)NCC1CCCC1CCl. The van der Waals surface area contributed by atoms with Crippen molar-refractivity contribution in [3.63, 3.8) is 0 Å². The number of hydrogen-bond donors (Lipinski definition) is 1. The summed E-state index contributed by atoms with van der Waals surface area (Å²) in [6.07, 6.45) is 6.66. The maximum Gasteiger partial charge on any atom is 0.255 e. The molecular weight excluding hydrogens is 264 g/mol. The fraction of sp³-hybridized carbons (Fsp3) is 0.571. The van der Waals surface area contributed by atoms with Gasteiger partial charge in [0.25, 0.3) is 5.91 Å². The summed E-state index contributed by atoms with van der Waals surface area (Å²) in [5.41, 5.74) is 0.526. The lowest BCUT2D eigenvalue weighted by Crippen LogP contribution is -2.31. The highest BCUT2D eigenvalue weighted by molar-refractivity contribution is 6.18. The van der Waals surface area contributed by atoms with Crippen LogP contribution >= 0.6 is 11.6 Å². The van der Waals surface area contributed by atoms with Gasteiger partial charge in [-0.3, -0.25) is 9.78 Å². The number of methoxy groups -OCH3 is 1. The first kappa shape index (κ1) is 14.1. The number of hydrogen-bond acceptors (Lipinski definition) is 3. The smallest absolute Gasteiger partial charge is 0.255 e. The number of alkyl halides is 1. The molecule has 1 amide bonds. The number of nitrogens with one attached hydrogen (secondary N) is 1. The minimum Gasteiger partial charge on any atom is -0.494 e. The molecule has 4 nitrogen and oxygen atoms in total. The Morgan fingerprint density at radius 2 is 2.32 bits per heavy atom. The molecule has 1 saturated carbocycles. The van der Waals surface area contributed by atoms with Crippen LogP contribution in [0.5, 0.6) is 5.75 Å². The lowest BCUT2D eigenvalue weighted by Gasteiger charge is -2.18. The Hall–Kier alpha value is -1.29. The molecule has 0 aliphatic heterocycles. The van der Waals surface area contributed by atoms with Crippen LogP contribution in [0.4, 0.5) is 0 Å². The van der Waals surface area contributed by atoms with E-state index in [1.807, 2.05) is 0 Å². The molecule has 1 heterocycles. The number of amides is 1. The number of carbonyl (C=O) groups excluding carboxylic acids is 1. The Morgan fingerprint density at radius 1 is 1.53 bits per heavy atom. The molecule has 2 atom stereocenters. The second kappa shape index (κ2) is 6.75. The molecule has 104 valence electrons. The Balaban J connectivity index is 1.94. The van der Waals surface area contributed by atoms with Crippen LogP contribution in [-0.4, -0.2) is 30.4 Å². The van der Waals surface area contributed by atoms with Crippen molar-refractivity contribution in [3.05, 3.63) is 24.0 Å². The molecule has 19 heavy (non-hydrogen) atoms. The van der Waals surface area contributed by atoms with Crippen molar-refractivity contribution in [1.82, 2.24) is 10.3 Å². The number of rotatable bonds is 5. The van der Waals surface area contributed by atoms with E-state index in [0.717, 1.165) is 6.42 Å². The van der Waals surface area contributed by atoms with Crippen LogP contribution in [0.15, 0.2) is 18.5 Å². The largest absolute Gasteiger partial charge is 0.494 e. The van der Waals surface area contributed by atoms with Gasteiger partial charge in [-0.25, -0.2) is 0 Å². The number of aromatic nitrogens is 1. The zero-order chi connectivity index (χ0) is 13.7. The van der Waals surface area contributed by atoms with Crippen LogP contribution in [0, 0.1) is 11.8 Å². The van der Waals surface area contributed by atoms with Gasteiger partial charge in [-0.1, -0.05) is 6.42 Å². The maximum atomic E-state index is 12.1. The molecule has 0 radical (unpaired) electrons. The van der Waals surface area contributed by atoms with E-state index in [1.54, 1.807) is 18.5 Å². The molecule has 0 saturated heterocycles. The molecule has 2 rings (SSSR count). The molecular formula is C14H19ClN2O2. The molecule has 0 spiro atoms. The highest BCUT2D eigenvalue weighted by atomic mass is 35.5. The summed E-state index contributed by atoms with van der Waals surface area (Å²) in [5.74, 6) is 2.09. The third-order valence-electron chi connectivity index (χ3n) is 3.79. The van der Waals surface area contributed by atoms with Gasteiger partial charge < -0.3 is 10.1 Å². The Morgan fingerprint density at radius 3 is 3.05 bits per heavy atom. The van der Waals surface area contributed by atoms with Crippen molar-refractivity contribution in [2.75, 3.05) is 19.5 Å². The Labute approximate surface area is 118 Å². The Kier molecular flexibility index (Phi) is 5.02. The van der Waals surface area contributed by atoms with Gasteiger partial charge in [-0.15, -0.1) is 11.6 Å². The summed E-state index contributed by atoms with van der Waals surface area (Å²) < 4.78 is 5.14. The van der Waals surface area contributed by atoms with Crippen LogP contribution < -0.4 is 10.1 Å². The molecule has 1 aromatic heterocycles. The number of ether oxygens (including phenoxy) is 1. The average molecular weight is 283 g/mol. The first-order valence-corrected chi connectivity index (χ1v) is 7.12. The number of carbonyl (C=O) groups is 1. The predicted molar refractivity (Wildman–Crippen MR) is 74.7 cm³/mol. The predicted octanol–water partition coefficient (Wildman–Crippen LogP) is 2.48. The third kappa shape index (κ3) is 3.38. The highest BCUT2D eigenvalue weighted by Crippen LogP contribution is 2.32. The third-order valence-corrected chi connectivity index (χ3v) is 4.18. The molecule has 1 aromatic rings. The van der Waals surface area contributed by atoms with Crippen molar-refractivity contribution < 1.29 is 9.53 Å². The van der Waals surface area contributed by atoms with Gasteiger partial charge in [0.15, 0.2) is 0 Å². The van der Waals surface area contributed by atoms with E-state index in [4.69, 9.17) is 16.3 Å².